The lowest BCUT2D eigenvalue weighted by Crippen LogP contribution is -2.39. The highest BCUT2D eigenvalue weighted by atomic mass is 32.1. The van der Waals surface area contributed by atoms with Crippen molar-refractivity contribution in [1.82, 2.24) is 19.4 Å². The molecule has 3 aromatic heterocycles. The van der Waals surface area contributed by atoms with E-state index >= 15 is 0 Å². The van der Waals surface area contributed by atoms with Crippen LogP contribution < -0.4 is 5.32 Å². The van der Waals surface area contributed by atoms with Gasteiger partial charge in [-0.3, -0.25) is 4.90 Å². The number of rotatable bonds is 9. The van der Waals surface area contributed by atoms with Gasteiger partial charge in [-0.15, -0.1) is 11.3 Å². The molecule has 11 heteroatoms. The Hall–Kier alpha value is -2.42. The number of benzene rings is 1. The quantitative estimate of drug-likeness (QED) is 0.205. The van der Waals surface area contributed by atoms with Crippen LogP contribution in [0, 0.1) is 13.8 Å². The standard InChI is InChI=1S/C29H37F3N5OPS/c1-19-14-24-20(2)21(6-7-26(24)37(19)10-5-13-39(3,4)38)17-36-11-8-22(9-12-36)35-27-25-15-23(16-29(30,31)32)40-28(25)34-18-33-27/h6-7,14-15,18,22H,5,8-13,16-17H2,1-4H3,(H,33,34,35). The molecule has 216 valence electrons. The molecule has 6 nitrogen and oxygen atoms in total. The summed E-state index contributed by atoms with van der Waals surface area (Å²) in [4.78, 5) is 11.8. The van der Waals surface area contributed by atoms with Crippen LogP contribution in [0.5, 0.6) is 0 Å². The molecule has 0 radical (unpaired) electrons. The number of hydrogen-bond acceptors (Lipinski definition) is 6. The largest absolute Gasteiger partial charge is 0.393 e. The summed E-state index contributed by atoms with van der Waals surface area (Å²) in [7, 11) is -2.01. The molecule has 5 rings (SSSR count). The van der Waals surface area contributed by atoms with Gasteiger partial charge in [0.05, 0.1) is 18.9 Å². The zero-order valence-corrected chi connectivity index (χ0v) is 25.2. The van der Waals surface area contributed by atoms with Gasteiger partial charge < -0.3 is 14.4 Å². The Morgan fingerprint density at radius 1 is 1.10 bits per heavy atom. The second-order valence-electron chi connectivity index (χ2n) is 11.5. The minimum absolute atomic E-state index is 0.210. The third-order valence-corrected chi connectivity index (χ3v) is 10.3. The van der Waals surface area contributed by atoms with E-state index in [1.54, 1.807) is 6.07 Å². The molecule has 0 amide bonds. The molecule has 1 N–H and O–H groups in total. The number of likely N-dealkylation sites (tertiary alicyclic amines) is 1. The first kappa shape index (κ1) is 29.1. The lowest BCUT2D eigenvalue weighted by Gasteiger charge is -2.33. The van der Waals surface area contributed by atoms with Crippen molar-refractivity contribution in [1.29, 1.82) is 0 Å². The molecular weight excluding hydrogens is 554 g/mol. The zero-order valence-electron chi connectivity index (χ0n) is 23.5. The summed E-state index contributed by atoms with van der Waals surface area (Å²) in [6.07, 6.45) is -0.212. The Balaban J connectivity index is 1.21. The molecule has 0 saturated carbocycles. The summed E-state index contributed by atoms with van der Waals surface area (Å²) in [6, 6.07) is 8.53. The maximum absolute atomic E-state index is 12.9. The van der Waals surface area contributed by atoms with Crippen molar-refractivity contribution < 1.29 is 17.7 Å². The molecule has 1 aliphatic rings. The third kappa shape index (κ3) is 6.89. The van der Waals surface area contributed by atoms with E-state index in [1.165, 1.54) is 34.1 Å². The average Bonchev–Trinajstić information content (AvgIpc) is 3.41. The highest BCUT2D eigenvalue weighted by Gasteiger charge is 2.29. The maximum atomic E-state index is 12.9. The number of halogens is 3. The van der Waals surface area contributed by atoms with Gasteiger partial charge in [-0.2, -0.15) is 13.2 Å². The lowest BCUT2D eigenvalue weighted by atomic mass is 10.0. The Morgan fingerprint density at radius 2 is 1.85 bits per heavy atom. The maximum Gasteiger partial charge on any atom is 0.393 e. The van der Waals surface area contributed by atoms with Gasteiger partial charge in [0.15, 0.2) is 0 Å². The number of fused-ring (bicyclic) bond motifs is 2. The third-order valence-electron chi connectivity index (χ3n) is 7.83. The first-order valence-corrected chi connectivity index (χ1v) is 17.4. The van der Waals surface area contributed by atoms with Crippen LogP contribution in [0.15, 0.2) is 30.6 Å². The van der Waals surface area contributed by atoms with Crippen molar-refractivity contribution in [2.45, 2.75) is 64.8 Å². The van der Waals surface area contributed by atoms with E-state index in [1.807, 2.05) is 13.3 Å². The van der Waals surface area contributed by atoms with E-state index in [2.05, 4.69) is 56.8 Å². The summed E-state index contributed by atoms with van der Waals surface area (Å²) < 4.78 is 53.1. The highest BCUT2D eigenvalue weighted by Crippen LogP contribution is 2.37. The Bertz CT molecular complexity index is 1550. The van der Waals surface area contributed by atoms with E-state index in [0.29, 0.717) is 16.0 Å². The number of piperidine rings is 1. The summed E-state index contributed by atoms with van der Waals surface area (Å²) in [6.45, 7) is 11.7. The van der Waals surface area contributed by atoms with Crippen molar-refractivity contribution in [3.8, 4) is 0 Å². The van der Waals surface area contributed by atoms with Crippen LogP contribution >= 0.6 is 18.5 Å². The fourth-order valence-corrected chi connectivity index (χ4v) is 7.64. The number of hydrogen-bond donors (Lipinski definition) is 1. The van der Waals surface area contributed by atoms with Gasteiger partial charge in [-0.05, 0) is 75.8 Å². The molecule has 1 aromatic carbocycles. The van der Waals surface area contributed by atoms with E-state index < -0.39 is 19.7 Å². The average molecular weight is 592 g/mol. The van der Waals surface area contributed by atoms with Crippen LogP contribution in [-0.2, 0) is 24.1 Å². The normalized spacial score (nSPS) is 15.9. The number of aryl methyl sites for hydroxylation is 3. The van der Waals surface area contributed by atoms with Crippen molar-refractivity contribution in [2.75, 3.05) is 37.9 Å². The molecule has 1 saturated heterocycles. The van der Waals surface area contributed by atoms with Crippen LogP contribution in [0.25, 0.3) is 21.1 Å². The Kier molecular flexibility index (Phi) is 8.33. The number of aromatic nitrogens is 3. The van der Waals surface area contributed by atoms with Crippen LogP contribution in [0.3, 0.4) is 0 Å². The SMILES string of the molecule is Cc1c(CN2CCC(Nc3ncnc4sc(CC(F)(F)F)cc34)CC2)ccc2c1cc(C)n2CCCP(C)(C)=O. The van der Waals surface area contributed by atoms with Crippen molar-refractivity contribution in [3.05, 3.63) is 52.3 Å². The van der Waals surface area contributed by atoms with Gasteiger partial charge >= 0.3 is 6.18 Å². The predicted molar refractivity (Wildman–Crippen MR) is 159 cm³/mol. The minimum Gasteiger partial charge on any atom is -0.367 e. The molecule has 40 heavy (non-hydrogen) atoms. The molecule has 0 bridgehead atoms. The molecule has 0 unspecified atom stereocenters. The van der Waals surface area contributed by atoms with Crippen LogP contribution in [-0.4, -0.2) is 64.2 Å². The Morgan fingerprint density at radius 3 is 2.55 bits per heavy atom. The second-order valence-corrected chi connectivity index (χ2v) is 16.2. The van der Waals surface area contributed by atoms with Gasteiger partial charge in [-0.25, -0.2) is 9.97 Å². The minimum atomic E-state index is -4.24. The van der Waals surface area contributed by atoms with Crippen molar-refractivity contribution in [3.63, 3.8) is 0 Å². The van der Waals surface area contributed by atoms with Gasteiger partial charge in [0.1, 0.15) is 17.0 Å². The van der Waals surface area contributed by atoms with Gasteiger partial charge in [0.25, 0.3) is 0 Å². The fraction of sp³-hybridized carbons (Fsp3) is 0.517. The molecule has 4 aromatic rings. The number of anilines is 1. The molecular formula is C29H37F3N5OPS. The Labute approximate surface area is 237 Å². The molecule has 0 atom stereocenters. The first-order valence-electron chi connectivity index (χ1n) is 13.8. The van der Waals surface area contributed by atoms with Crippen LogP contribution in [0.2, 0.25) is 0 Å². The van der Waals surface area contributed by atoms with Crippen molar-refractivity contribution in [2.24, 2.45) is 0 Å². The zero-order chi connectivity index (χ0) is 28.7. The summed E-state index contributed by atoms with van der Waals surface area (Å²) >= 11 is 1.08. The van der Waals surface area contributed by atoms with Gasteiger partial charge in [0.2, 0.25) is 0 Å². The first-order chi connectivity index (χ1) is 18.9. The topological polar surface area (TPSA) is 63.0 Å². The summed E-state index contributed by atoms with van der Waals surface area (Å²) in [5, 5.41) is 5.44. The van der Waals surface area contributed by atoms with Crippen molar-refractivity contribution >= 4 is 45.4 Å². The monoisotopic (exact) mass is 591 g/mol. The molecule has 1 aliphatic heterocycles. The van der Waals surface area contributed by atoms with E-state index in [0.717, 1.165) is 62.9 Å². The molecule has 0 aliphatic carbocycles. The van der Waals surface area contributed by atoms with E-state index in [9.17, 15) is 17.7 Å². The number of nitrogens with one attached hydrogen (secondary N) is 1. The van der Waals surface area contributed by atoms with E-state index in [-0.39, 0.29) is 10.9 Å². The second kappa shape index (κ2) is 11.5. The van der Waals surface area contributed by atoms with E-state index in [4.69, 9.17) is 0 Å². The molecule has 4 heterocycles. The predicted octanol–water partition coefficient (Wildman–Crippen LogP) is 7.46. The van der Waals surface area contributed by atoms with Gasteiger partial charge in [0, 0.05) is 59.9 Å². The fourth-order valence-electron chi connectivity index (χ4n) is 5.71. The summed E-state index contributed by atoms with van der Waals surface area (Å²) in [5.74, 6) is 0.620. The lowest BCUT2D eigenvalue weighted by molar-refractivity contribution is -0.126. The smallest absolute Gasteiger partial charge is 0.367 e. The highest BCUT2D eigenvalue weighted by molar-refractivity contribution is 7.62. The van der Waals surface area contributed by atoms with Crippen LogP contribution in [0.1, 0.15) is 41.0 Å². The summed E-state index contributed by atoms with van der Waals surface area (Å²) in [5.41, 5.74) is 5.12. The number of alkyl halides is 3. The van der Waals surface area contributed by atoms with Gasteiger partial charge in [-0.1, -0.05) is 6.07 Å². The van der Waals surface area contributed by atoms with Crippen LogP contribution in [0.4, 0.5) is 19.0 Å². The number of nitrogens with zero attached hydrogens (tertiary/aromatic N) is 4. The number of thiophene rings is 1. The molecule has 0 spiro atoms. The molecule has 1 fully saturated rings.